The molecule has 6 heteroatoms. The first-order chi connectivity index (χ1) is 10.4. The summed E-state index contributed by atoms with van der Waals surface area (Å²) in [5, 5.41) is 9.42. The SMILES string of the molecule is CCC(Oc1cccc(C)c1)c1nc(N)nc(C)c1C(=O)O. The maximum absolute atomic E-state index is 11.5. The van der Waals surface area contributed by atoms with Crippen LogP contribution in [-0.2, 0) is 0 Å². The van der Waals surface area contributed by atoms with Crippen molar-refractivity contribution in [1.82, 2.24) is 9.97 Å². The smallest absolute Gasteiger partial charge is 0.339 e. The molecule has 0 aliphatic carbocycles. The Hall–Kier alpha value is -2.63. The number of nitrogen functional groups attached to an aromatic ring is 1. The minimum atomic E-state index is -1.08. The van der Waals surface area contributed by atoms with Crippen molar-refractivity contribution in [2.45, 2.75) is 33.3 Å². The molecule has 0 saturated heterocycles. The quantitative estimate of drug-likeness (QED) is 0.881. The van der Waals surface area contributed by atoms with Crippen LogP contribution in [0.25, 0.3) is 0 Å². The molecule has 2 rings (SSSR count). The van der Waals surface area contributed by atoms with Crippen molar-refractivity contribution in [1.29, 1.82) is 0 Å². The second-order valence-corrected chi connectivity index (χ2v) is 5.06. The number of nitrogens with zero attached hydrogens (tertiary/aromatic N) is 2. The minimum absolute atomic E-state index is 0.0452. The maximum atomic E-state index is 11.5. The molecule has 3 N–H and O–H groups in total. The summed E-state index contributed by atoms with van der Waals surface area (Å²) in [6, 6.07) is 7.56. The van der Waals surface area contributed by atoms with Gasteiger partial charge in [-0.05, 0) is 38.0 Å². The van der Waals surface area contributed by atoms with E-state index in [0.29, 0.717) is 23.6 Å². The number of ether oxygens (including phenoxy) is 1. The monoisotopic (exact) mass is 301 g/mol. The molecule has 0 aliphatic heterocycles. The lowest BCUT2D eigenvalue weighted by molar-refractivity contribution is 0.0688. The molecular formula is C16H19N3O3. The number of carbonyl (C=O) groups is 1. The number of nitrogens with two attached hydrogens (primary N) is 1. The van der Waals surface area contributed by atoms with Gasteiger partial charge in [0.2, 0.25) is 5.95 Å². The Labute approximate surface area is 129 Å². The van der Waals surface area contributed by atoms with Crippen LogP contribution in [0.15, 0.2) is 24.3 Å². The fourth-order valence-electron chi connectivity index (χ4n) is 2.30. The highest BCUT2D eigenvalue weighted by atomic mass is 16.5. The fraction of sp³-hybridized carbons (Fsp3) is 0.312. The number of carboxylic acid groups (broad SMARTS) is 1. The highest BCUT2D eigenvalue weighted by molar-refractivity contribution is 5.90. The van der Waals surface area contributed by atoms with Crippen LogP contribution in [0.4, 0.5) is 5.95 Å². The highest BCUT2D eigenvalue weighted by Gasteiger charge is 2.24. The van der Waals surface area contributed by atoms with E-state index in [-0.39, 0.29) is 11.5 Å². The van der Waals surface area contributed by atoms with Crippen LogP contribution < -0.4 is 10.5 Å². The second kappa shape index (κ2) is 6.43. The normalized spacial score (nSPS) is 12.0. The predicted molar refractivity (Wildman–Crippen MR) is 83.0 cm³/mol. The van der Waals surface area contributed by atoms with Crippen LogP contribution >= 0.6 is 0 Å². The molecule has 0 radical (unpaired) electrons. The molecule has 22 heavy (non-hydrogen) atoms. The van der Waals surface area contributed by atoms with Gasteiger partial charge in [-0.3, -0.25) is 0 Å². The summed E-state index contributed by atoms with van der Waals surface area (Å²) < 4.78 is 5.92. The number of hydrogen-bond acceptors (Lipinski definition) is 5. The molecule has 1 aromatic heterocycles. The fourth-order valence-corrected chi connectivity index (χ4v) is 2.30. The van der Waals surface area contributed by atoms with E-state index in [9.17, 15) is 9.90 Å². The van der Waals surface area contributed by atoms with Crippen LogP contribution in [0, 0.1) is 13.8 Å². The van der Waals surface area contributed by atoms with Gasteiger partial charge in [-0.25, -0.2) is 14.8 Å². The van der Waals surface area contributed by atoms with Crippen molar-refractivity contribution in [3.05, 3.63) is 46.8 Å². The average molecular weight is 301 g/mol. The number of aryl methyl sites for hydroxylation is 2. The van der Waals surface area contributed by atoms with Crippen LogP contribution in [0.3, 0.4) is 0 Å². The van der Waals surface area contributed by atoms with Crippen LogP contribution in [0.2, 0.25) is 0 Å². The molecule has 0 aliphatic rings. The zero-order chi connectivity index (χ0) is 16.3. The number of carboxylic acids is 1. The molecule has 0 fully saturated rings. The average Bonchev–Trinajstić information content (AvgIpc) is 2.43. The third-order valence-corrected chi connectivity index (χ3v) is 3.29. The van der Waals surface area contributed by atoms with E-state index in [2.05, 4.69) is 9.97 Å². The van der Waals surface area contributed by atoms with E-state index in [1.807, 2.05) is 38.1 Å². The largest absolute Gasteiger partial charge is 0.484 e. The molecule has 0 bridgehead atoms. The number of rotatable bonds is 5. The number of hydrogen-bond donors (Lipinski definition) is 2. The summed E-state index contributed by atoms with van der Waals surface area (Å²) in [7, 11) is 0. The third kappa shape index (κ3) is 3.33. The summed E-state index contributed by atoms with van der Waals surface area (Å²) in [6.07, 6.45) is 0.0568. The zero-order valence-electron chi connectivity index (χ0n) is 12.8. The summed E-state index contributed by atoms with van der Waals surface area (Å²) in [5.74, 6) is -0.374. The van der Waals surface area contributed by atoms with Gasteiger partial charge in [0.1, 0.15) is 23.1 Å². The summed E-state index contributed by atoms with van der Waals surface area (Å²) in [5.41, 5.74) is 7.42. The summed E-state index contributed by atoms with van der Waals surface area (Å²) in [4.78, 5) is 19.5. The number of anilines is 1. The molecule has 1 unspecified atom stereocenters. The molecule has 0 spiro atoms. The Morgan fingerprint density at radius 2 is 2.09 bits per heavy atom. The van der Waals surface area contributed by atoms with Crippen molar-refractivity contribution in [2.75, 3.05) is 5.73 Å². The van der Waals surface area contributed by atoms with E-state index in [1.54, 1.807) is 6.92 Å². The van der Waals surface area contributed by atoms with Gasteiger partial charge in [-0.1, -0.05) is 19.1 Å². The lowest BCUT2D eigenvalue weighted by Crippen LogP contribution is -2.18. The van der Waals surface area contributed by atoms with E-state index in [4.69, 9.17) is 10.5 Å². The van der Waals surface area contributed by atoms with Gasteiger partial charge in [0.25, 0.3) is 0 Å². The van der Waals surface area contributed by atoms with Crippen molar-refractivity contribution < 1.29 is 14.6 Å². The van der Waals surface area contributed by atoms with Crippen molar-refractivity contribution in [2.24, 2.45) is 0 Å². The van der Waals surface area contributed by atoms with E-state index < -0.39 is 12.1 Å². The Morgan fingerprint density at radius 3 is 2.68 bits per heavy atom. The molecule has 116 valence electrons. The minimum Gasteiger partial charge on any atom is -0.484 e. The standard InChI is InChI=1S/C16H19N3O3/c1-4-12(22-11-7-5-6-9(2)8-11)14-13(15(20)21)10(3)18-16(17)19-14/h5-8,12H,4H2,1-3H3,(H,20,21)(H2,17,18,19). The highest BCUT2D eigenvalue weighted by Crippen LogP contribution is 2.28. The molecule has 1 atom stereocenters. The zero-order valence-corrected chi connectivity index (χ0v) is 12.8. The molecule has 0 saturated carbocycles. The topological polar surface area (TPSA) is 98.3 Å². The Kier molecular flexibility index (Phi) is 4.60. The van der Waals surface area contributed by atoms with E-state index in [1.165, 1.54) is 0 Å². The van der Waals surface area contributed by atoms with Crippen LogP contribution in [0.5, 0.6) is 5.75 Å². The molecule has 1 aromatic carbocycles. The first kappa shape index (κ1) is 15.8. The van der Waals surface area contributed by atoms with Gasteiger partial charge >= 0.3 is 5.97 Å². The van der Waals surface area contributed by atoms with E-state index in [0.717, 1.165) is 5.56 Å². The molecular weight excluding hydrogens is 282 g/mol. The Bertz CT molecular complexity index is 701. The van der Waals surface area contributed by atoms with Gasteiger partial charge in [-0.15, -0.1) is 0 Å². The number of aromatic nitrogens is 2. The first-order valence-electron chi connectivity index (χ1n) is 7.03. The maximum Gasteiger partial charge on any atom is 0.339 e. The lowest BCUT2D eigenvalue weighted by Gasteiger charge is -2.20. The second-order valence-electron chi connectivity index (χ2n) is 5.06. The third-order valence-electron chi connectivity index (χ3n) is 3.29. The molecule has 6 nitrogen and oxygen atoms in total. The van der Waals surface area contributed by atoms with E-state index >= 15 is 0 Å². The number of aromatic carboxylic acids is 1. The van der Waals surface area contributed by atoms with Crippen molar-refractivity contribution >= 4 is 11.9 Å². The Morgan fingerprint density at radius 1 is 1.36 bits per heavy atom. The predicted octanol–water partition coefficient (Wildman–Crippen LogP) is 2.90. The van der Waals surface area contributed by atoms with Crippen LogP contribution in [-0.4, -0.2) is 21.0 Å². The van der Waals surface area contributed by atoms with Gasteiger partial charge in [0.15, 0.2) is 0 Å². The Balaban J connectivity index is 2.45. The molecule has 2 aromatic rings. The number of benzene rings is 1. The summed E-state index contributed by atoms with van der Waals surface area (Å²) in [6.45, 7) is 5.47. The van der Waals surface area contributed by atoms with Gasteiger partial charge in [-0.2, -0.15) is 0 Å². The molecule has 0 amide bonds. The lowest BCUT2D eigenvalue weighted by atomic mass is 10.1. The van der Waals surface area contributed by atoms with Gasteiger partial charge in [0, 0.05) is 0 Å². The van der Waals surface area contributed by atoms with Crippen molar-refractivity contribution in [3.63, 3.8) is 0 Å². The van der Waals surface area contributed by atoms with Crippen LogP contribution in [0.1, 0.15) is 46.8 Å². The van der Waals surface area contributed by atoms with Gasteiger partial charge in [0.05, 0.1) is 5.69 Å². The van der Waals surface area contributed by atoms with Gasteiger partial charge < -0.3 is 15.6 Å². The first-order valence-corrected chi connectivity index (χ1v) is 7.03. The van der Waals surface area contributed by atoms with Crippen molar-refractivity contribution in [3.8, 4) is 5.75 Å². The molecule has 1 heterocycles. The summed E-state index contributed by atoms with van der Waals surface area (Å²) >= 11 is 0.